The molecule has 2 rings (SSSR count). The lowest BCUT2D eigenvalue weighted by molar-refractivity contribution is -0.125. The van der Waals surface area contributed by atoms with Gasteiger partial charge in [0.25, 0.3) is 0 Å². The molecular formula is C19H24N4O3. The number of anilines is 1. The van der Waals surface area contributed by atoms with Crippen molar-refractivity contribution in [3.8, 4) is 0 Å². The molecule has 0 fully saturated rings. The van der Waals surface area contributed by atoms with Gasteiger partial charge in [-0.3, -0.25) is 19.8 Å². The number of nitrogens with one attached hydrogen (secondary N) is 3. The van der Waals surface area contributed by atoms with Gasteiger partial charge in [0.15, 0.2) is 0 Å². The van der Waals surface area contributed by atoms with Gasteiger partial charge < -0.3 is 10.6 Å². The maximum atomic E-state index is 12.4. The minimum atomic E-state index is -0.629. The molecule has 2 aromatic carbocycles. The number of benzene rings is 2. The first-order chi connectivity index (χ1) is 12.4. The highest BCUT2D eigenvalue weighted by molar-refractivity contribution is 6.03. The second-order valence-corrected chi connectivity index (χ2v) is 6.01. The molecule has 0 bridgehead atoms. The molecule has 138 valence electrons. The molecule has 0 spiro atoms. The van der Waals surface area contributed by atoms with Gasteiger partial charge in [-0.05, 0) is 32.3 Å². The van der Waals surface area contributed by atoms with Gasteiger partial charge in [0.2, 0.25) is 11.8 Å². The molecule has 4 amide bonds. The fraction of sp³-hybridized carbons (Fsp3) is 0.316. The predicted octanol–water partition coefficient (Wildman–Crippen LogP) is 1.94. The van der Waals surface area contributed by atoms with Crippen LogP contribution in [0.4, 0.5) is 10.5 Å². The van der Waals surface area contributed by atoms with E-state index in [1.807, 2.05) is 42.5 Å². The lowest BCUT2D eigenvalue weighted by Gasteiger charge is -2.23. The first kappa shape index (κ1) is 19.4. The number of imide groups is 1. The molecule has 0 unspecified atom stereocenters. The molecule has 0 aromatic heterocycles. The Bertz CT molecular complexity index is 801. The number of likely N-dealkylation sites (N-methyl/N-ethyl adjacent to an activating group) is 1. The molecule has 0 saturated heterocycles. The average Bonchev–Trinajstić information content (AvgIpc) is 2.61. The van der Waals surface area contributed by atoms with Crippen LogP contribution in [0.3, 0.4) is 0 Å². The first-order valence-corrected chi connectivity index (χ1v) is 8.49. The maximum absolute atomic E-state index is 12.4. The van der Waals surface area contributed by atoms with E-state index in [-0.39, 0.29) is 12.5 Å². The third-order valence-corrected chi connectivity index (χ3v) is 4.07. The second-order valence-electron chi connectivity index (χ2n) is 6.01. The highest BCUT2D eigenvalue weighted by atomic mass is 16.2. The molecule has 26 heavy (non-hydrogen) atoms. The largest absolute Gasteiger partial charge is 0.338 e. The molecule has 0 aliphatic carbocycles. The van der Waals surface area contributed by atoms with Crippen LogP contribution in [0.2, 0.25) is 0 Å². The van der Waals surface area contributed by atoms with Crippen LogP contribution in [0.1, 0.15) is 13.8 Å². The Labute approximate surface area is 152 Å². The van der Waals surface area contributed by atoms with E-state index in [1.165, 1.54) is 0 Å². The van der Waals surface area contributed by atoms with E-state index < -0.39 is 18.0 Å². The molecule has 0 radical (unpaired) electrons. The summed E-state index contributed by atoms with van der Waals surface area (Å²) in [4.78, 5) is 37.4. The Morgan fingerprint density at radius 1 is 1.08 bits per heavy atom. The van der Waals surface area contributed by atoms with Crippen molar-refractivity contribution in [2.24, 2.45) is 0 Å². The van der Waals surface area contributed by atoms with Crippen LogP contribution in [-0.4, -0.2) is 48.9 Å². The van der Waals surface area contributed by atoms with Crippen molar-refractivity contribution in [3.63, 3.8) is 0 Å². The standard InChI is InChI=1S/C19H24N4O3/c1-4-20-19(26)22-18(25)13(2)23(3)12-17(24)21-16-11-7-9-14-8-5-6-10-15(14)16/h5-11,13H,4,12H2,1-3H3,(H,21,24)(H2,20,22,25,26)/t13-/m0/s1. The Morgan fingerprint density at radius 2 is 1.77 bits per heavy atom. The van der Waals surface area contributed by atoms with Crippen LogP contribution in [-0.2, 0) is 9.59 Å². The van der Waals surface area contributed by atoms with E-state index >= 15 is 0 Å². The average molecular weight is 356 g/mol. The number of carbonyl (C=O) groups is 3. The van der Waals surface area contributed by atoms with Gasteiger partial charge in [0.05, 0.1) is 12.6 Å². The molecule has 0 saturated carbocycles. The predicted molar refractivity (Wildman–Crippen MR) is 102 cm³/mol. The molecule has 7 heteroatoms. The van der Waals surface area contributed by atoms with Crippen LogP contribution >= 0.6 is 0 Å². The van der Waals surface area contributed by atoms with Gasteiger partial charge in [-0.25, -0.2) is 4.79 Å². The van der Waals surface area contributed by atoms with E-state index in [1.54, 1.807) is 25.8 Å². The SMILES string of the molecule is CCNC(=O)NC(=O)[C@H](C)N(C)CC(=O)Nc1cccc2ccccc12. The highest BCUT2D eigenvalue weighted by Crippen LogP contribution is 2.22. The Balaban J connectivity index is 1.96. The third kappa shape index (κ3) is 5.03. The number of hydrogen-bond donors (Lipinski definition) is 3. The van der Waals surface area contributed by atoms with Crippen LogP contribution in [0.5, 0.6) is 0 Å². The molecule has 2 aromatic rings. The zero-order valence-corrected chi connectivity index (χ0v) is 15.2. The summed E-state index contributed by atoms with van der Waals surface area (Å²) in [7, 11) is 1.66. The Morgan fingerprint density at radius 3 is 2.50 bits per heavy atom. The Kier molecular flexibility index (Phi) is 6.68. The fourth-order valence-corrected chi connectivity index (χ4v) is 2.51. The smallest absolute Gasteiger partial charge is 0.321 e. The van der Waals surface area contributed by atoms with Crippen molar-refractivity contribution in [1.29, 1.82) is 0 Å². The van der Waals surface area contributed by atoms with Gasteiger partial charge >= 0.3 is 6.03 Å². The quantitative estimate of drug-likeness (QED) is 0.738. The van der Waals surface area contributed by atoms with Gasteiger partial charge in [-0.15, -0.1) is 0 Å². The van der Waals surface area contributed by atoms with E-state index in [4.69, 9.17) is 0 Å². The summed E-state index contributed by atoms with van der Waals surface area (Å²) < 4.78 is 0. The summed E-state index contributed by atoms with van der Waals surface area (Å²) in [6.45, 7) is 3.85. The van der Waals surface area contributed by atoms with Crippen LogP contribution in [0, 0.1) is 0 Å². The van der Waals surface area contributed by atoms with Gasteiger partial charge in [-0.2, -0.15) is 0 Å². The topological polar surface area (TPSA) is 90.5 Å². The molecular weight excluding hydrogens is 332 g/mol. The van der Waals surface area contributed by atoms with Crippen molar-refractivity contribution in [2.75, 3.05) is 25.5 Å². The number of rotatable bonds is 6. The van der Waals surface area contributed by atoms with Crippen molar-refractivity contribution in [1.82, 2.24) is 15.5 Å². The van der Waals surface area contributed by atoms with E-state index in [9.17, 15) is 14.4 Å². The number of fused-ring (bicyclic) bond motifs is 1. The number of urea groups is 1. The summed E-state index contributed by atoms with van der Waals surface area (Å²) in [6, 6.07) is 12.3. The summed E-state index contributed by atoms with van der Waals surface area (Å²) in [5.41, 5.74) is 0.723. The molecule has 1 atom stereocenters. The van der Waals surface area contributed by atoms with Crippen molar-refractivity contribution < 1.29 is 14.4 Å². The number of nitrogens with zero attached hydrogens (tertiary/aromatic N) is 1. The van der Waals surface area contributed by atoms with E-state index in [0.29, 0.717) is 6.54 Å². The van der Waals surface area contributed by atoms with Crippen LogP contribution in [0.25, 0.3) is 10.8 Å². The zero-order valence-electron chi connectivity index (χ0n) is 15.2. The minimum Gasteiger partial charge on any atom is -0.338 e. The van der Waals surface area contributed by atoms with E-state index in [2.05, 4.69) is 16.0 Å². The van der Waals surface area contributed by atoms with Crippen LogP contribution in [0.15, 0.2) is 42.5 Å². The highest BCUT2D eigenvalue weighted by Gasteiger charge is 2.21. The maximum Gasteiger partial charge on any atom is 0.321 e. The molecule has 7 nitrogen and oxygen atoms in total. The first-order valence-electron chi connectivity index (χ1n) is 8.49. The van der Waals surface area contributed by atoms with Gasteiger partial charge in [0, 0.05) is 17.6 Å². The fourth-order valence-electron chi connectivity index (χ4n) is 2.51. The molecule has 0 aliphatic heterocycles. The molecule has 0 heterocycles. The summed E-state index contributed by atoms with van der Waals surface area (Å²) in [5, 5.41) is 9.60. The van der Waals surface area contributed by atoms with E-state index in [0.717, 1.165) is 16.5 Å². The number of hydrogen-bond acceptors (Lipinski definition) is 4. The summed E-state index contributed by atoms with van der Waals surface area (Å²) >= 11 is 0. The molecule has 3 N–H and O–H groups in total. The van der Waals surface area contributed by atoms with Crippen LogP contribution < -0.4 is 16.0 Å². The van der Waals surface area contributed by atoms with Crippen molar-refractivity contribution in [3.05, 3.63) is 42.5 Å². The van der Waals surface area contributed by atoms with Gasteiger partial charge in [-0.1, -0.05) is 36.4 Å². The van der Waals surface area contributed by atoms with Gasteiger partial charge in [0.1, 0.15) is 0 Å². The zero-order chi connectivity index (χ0) is 19.1. The lowest BCUT2D eigenvalue weighted by atomic mass is 10.1. The van der Waals surface area contributed by atoms with Crippen molar-refractivity contribution >= 4 is 34.3 Å². The second kappa shape index (κ2) is 8.96. The third-order valence-electron chi connectivity index (χ3n) is 4.07. The monoisotopic (exact) mass is 356 g/mol. The number of carbonyl (C=O) groups excluding carboxylic acids is 3. The summed E-state index contributed by atoms with van der Waals surface area (Å²) in [6.07, 6.45) is 0. The van der Waals surface area contributed by atoms with Crippen molar-refractivity contribution in [2.45, 2.75) is 19.9 Å². The normalized spacial score (nSPS) is 11.8. The minimum absolute atomic E-state index is 0.0210. The number of amides is 4. The Hall–Kier alpha value is -2.93. The summed E-state index contributed by atoms with van der Waals surface area (Å²) in [5.74, 6) is -0.696. The lowest BCUT2D eigenvalue weighted by Crippen LogP contribution is -2.49. The molecule has 0 aliphatic rings.